The molecule has 1 saturated carbocycles. The van der Waals surface area contributed by atoms with Crippen molar-refractivity contribution >= 4 is 22.9 Å². The fourth-order valence-electron chi connectivity index (χ4n) is 6.21. The van der Waals surface area contributed by atoms with Crippen molar-refractivity contribution in [1.29, 1.82) is 5.26 Å². The molecular weight excluding hydrogens is 578 g/mol. The number of anilines is 1. The van der Waals surface area contributed by atoms with E-state index in [9.17, 15) is 10.1 Å². The van der Waals surface area contributed by atoms with Crippen molar-refractivity contribution in [3.63, 3.8) is 0 Å². The van der Waals surface area contributed by atoms with E-state index in [0.717, 1.165) is 82.6 Å². The van der Waals surface area contributed by atoms with Crippen molar-refractivity contribution < 1.29 is 4.79 Å². The minimum Gasteiger partial charge on any atom is -0.314 e. The van der Waals surface area contributed by atoms with E-state index in [1.165, 1.54) is 5.56 Å². The van der Waals surface area contributed by atoms with Crippen LogP contribution in [0.1, 0.15) is 54.0 Å². The number of aromatic nitrogens is 5. The molecule has 0 radical (unpaired) electrons. The number of imidazole rings is 1. The monoisotopic (exact) mass is 621 g/mol. The molecule has 0 bridgehead atoms. The van der Waals surface area contributed by atoms with Gasteiger partial charge in [-0.3, -0.25) is 20.1 Å². The lowest BCUT2D eigenvalue weighted by atomic mass is 9.95. The van der Waals surface area contributed by atoms with E-state index >= 15 is 0 Å². The number of nitriles is 1. The van der Waals surface area contributed by atoms with Crippen LogP contribution in [-0.4, -0.2) is 105 Å². The SMILES string of the molecule is CN(C)CCn1cnc2c(N(NC(=O)c3cccc(-c4ccc(CN5CCN(C)CC5)cc4)n3)C3CCCCC3)nc(C#N)nc21. The first kappa shape index (κ1) is 31.5. The van der Waals surface area contributed by atoms with Crippen LogP contribution in [0.25, 0.3) is 22.4 Å². The molecule has 240 valence electrons. The van der Waals surface area contributed by atoms with Gasteiger partial charge in [0.25, 0.3) is 5.91 Å². The quantitative estimate of drug-likeness (QED) is 0.263. The number of carbonyl (C=O) groups is 1. The summed E-state index contributed by atoms with van der Waals surface area (Å²) in [4.78, 5) is 39.3. The fourth-order valence-corrected chi connectivity index (χ4v) is 6.21. The van der Waals surface area contributed by atoms with Crippen LogP contribution in [0.4, 0.5) is 5.82 Å². The lowest BCUT2D eigenvalue weighted by molar-refractivity contribution is 0.0936. The zero-order chi connectivity index (χ0) is 32.0. The predicted molar refractivity (Wildman–Crippen MR) is 178 cm³/mol. The average Bonchev–Trinajstić information content (AvgIpc) is 3.50. The first-order chi connectivity index (χ1) is 22.4. The van der Waals surface area contributed by atoms with Gasteiger partial charge in [0.2, 0.25) is 5.82 Å². The first-order valence-corrected chi connectivity index (χ1v) is 16.2. The van der Waals surface area contributed by atoms with Crippen molar-refractivity contribution in [1.82, 2.24) is 44.6 Å². The molecule has 1 N–H and O–H groups in total. The molecule has 3 aromatic heterocycles. The molecule has 46 heavy (non-hydrogen) atoms. The largest absolute Gasteiger partial charge is 0.314 e. The van der Waals surface area contributed by atoms with E-state index in [4.69, 9.17) is 4.98 Å². The Bertz CT molecular complexity index is 1680. The molecule has 1 aliphatic carbocycles. The zero-order valence-corrected chi connectivity index (χ0v) is 27.1. The lowest BCUT2D eigenvalue weighted by Crippen LogP contribution is -2.50. The molecule has 2 aliphatic rings. The molecule has 1 saturated heterocycles. The number of nitrogens with zero attached hydrogens (tertiary/aromatic N) is 10. The number of rotatable bonds is 10. The number of benzene rings is 1. The van der Waals surface area contributed by atoms with Gasteiger partial charge >= 0.3 is 0 Å². The summed E-state index contributed by atoms with van der Waals surface area (Å²) in [5, 5.41) is 11.7. The summed E-state index contributed by atoms with van der Waals surface area (Å²) in [6.07, 6.45) is 6.76. The number of likely N-dealkylation sites (N-methyl/N-ethyl adjacent to an activating group) is 2. The van der Waals surface area contributed by atoms with Crippen molar-refractivity contribution in [3.8, 4) is 17.3 Å². The number of carbonyl (C=O) groups excluding carboxylic acids is 1. The number of fused-ring (bicyclic) bond motifs is 1. The van der Waals surface area contributed by atoms with Crippen LogP contribution in [0.3, 0.4) is 0 Å². The summed E-state index contributed by atoms with van der Waals surface area (Å²) in [7, 11) is 6.19. The Morgan fingerprint density at radius 1 is 1.00 bits per heavy atom. The zero-order valence-electron chi connectivity index (χ0n) is 27.1. The van der Waals surface area contributed by atoms with Crippen LogP contribution in [0, 0.1) is 11.3 Å². The summed E-state index contributed by atoms with van der Waals surface area (Å²) in [6.45, 7) is 6.72. The molecule has 0 atom stereocenters. The van der Waals surface area contributed by atoms with Gasteiger partial charge in [-0.15, -0.1) is 0 Å². The van der Waals surface area contributed by atoms with E-state index in [0.29, 0.717) is 29.2 Å². The second kappa shape index (κ2) is 14.3. The lowest BCUT2D eigenvalue weighted by Gasteiger charge is -2.35. The molecule has 12 nitrogen and oxygen atoms in total. The molecule has 1 amide bonds. The maximum Gasteiger partial charge on any atom is 0.288 e. The third-order valence-corrected chi connectivity index (χ3v) is 8.96. The highest BCUT2D eigenvalue weighted by Gasteiger charge is 2.29. The molecule has 6 rings (SSSR count). The Kier molecular flexibility index (Phi) is 9.82. The van der Waals surface area contributed by atoms with Crippen LogP contribution in [0.15, 0.2) is 48.8 Å². The Hall–Kier alpha value is -4.44. The summed E-state index contributed by atoms with van der Waals surface area (Å²) in [6, 6.07) is 16.1. The predicted octanol–water partition coefficient (Wildman–Crippen LogP) is 3.55. The van der Waals surface area contributed by atoms with Crippen LogP contribution < -0.4 is 10.4 Å². The standard InChI is InChI=1S/C34H43N11O/c1-41(2)16-21-44-24-36-31-32(44)38-30(22-35)39-33(31)45(27-8-5-4-6-9-27)40-34(46)29-11-7-10-28(37-29)26-14-12-25(13-15-26)23-43-19-17-42(3)18-20-43/h7,10-15,24,27H,4-6,8-9,16-21,23H2,1-3H3,(H,40,46). The van der Waals surface area contributed by atoms with Crippen LogP contribution in [0.5, 0.6) is 0 Å². The van der Waals surface area contributed by atoms with Crippen molar-refractivity contribution in [3.05, 3.63) is 65.9 Å². The Labute approximate surface area is 270 Å². The van der Waals surface area contributed by atoms with Gasteiger partial charge in [0.15, 0.2) is 17.0 Å². The normalized spacial score (nSPS) is 16.5. The number of hydrogen-bond acceptors (Lipinski definition) is 10. The third-order valence-electron chi connectivity index (χ3n) is 8.96. The van der Waals surface area contributed by atoms with Gasteiger partial charge < -0.3 is 14.4 Å². The molecule has 0 spiro atoms. The highest BCUT2D eigenvalue weighted by molar-refractivity contribution is 5.95. The van der Waals surface area contributed by atoms with Crippen LogP contribution in [0.2, 0.25) is 0 Å². The van der Waals surface area contributed by atoms with Crippen molar-refractivity contribution in [2.24, 2.45) is 0 Å². The number of hydrogen-bond donors (Lipinski definition) is 1. The smallest absolute Gasteiger partial charge is 0.288 e. The molecule has 4 heterocycles. The second-order valence-corrected chi connectivity index (χ2v) is 12.7. The van der Waals surface area contributed by atoms with E-state index in [1.807, 2.05) is 35.8 Å². The summed E-state index contributed by atoms with van der Waals surface area (Å²) >= 11 is 0. The van der Waals surface area contributed by atoms with Gasteiger partial charge in [-0.2, -0.15) is 15.2 Å². The van der Waals surface area contributed by atoms with Gasteiger partial charge in [0.05, 0.1) is 18.1 Å². The van der Waals surface area contributed by atoms with Gasteiger partial charge in [0, 0.05) is 51.4 Å². The van der Waals surface area contributed by atoms with E-state index in [1.54, 1.807) is 12.4 Å². The van der Waals surface area contributed by atoms with Gasteiger partial charge in [-0.1, -0.05) is 49.6 Å². The molecular formula is C34H43N11O. The maximum atomic E-state index is 13.9. The number of hydrazine groups is 1. The van der Waals surface area contributed by atoms with E-state index in [-0.39, 0.29) is 17.8 Å². The number of piperazine rings is 1. The maximum absolute atomic E-state index is 13.9. The number of amides is 1. The van der Waals surface area contributed by atoms with E-state index < -0.39 is 0 Å². The minimum absolute atomic E-state index is 0.00491. The molecule has 1 aliphatic heterocycles. The highest BCUT2D eigenvalue weighted by atomic mass is 16.2. The highest BCUT2D eigenvalue weighted by Crippen LogP contribution is 2.29. The average molecular weight is 622 g/mol. The third kappa shape index (κ3) is 7.33. The summed E-state index contributed by atoms with van der Waals surface area (Å²) < 4.78 is 1.93. The molecule has 1 aromatic carbocycles. The van der Waals surface area contributed by atoms with Crippen molar-refractivity contribution in [2.75, 3.05) is 58.9 Å². The Balaban J connectivity index is 1.25. The van der Waals surface area contributed by atoms with Gasteiger partial charge in [-0.25, -0.2) is 9.97 Å². The van der Waals surface area contributed by atoms with Crippen molar-refractivity contribution in [2.45, 2.75) is 51.2 Å². The van der Waals surface area contributed by atoms with Gasteiger partial charge in [0.1, 0.15) is 11.8 Å². The van der Waals surface area contributed by atoms with Crippen LogP contribution in [-0.2, 0) is 13.1 Å². The topological polar surface area (TPSA) is 122 Å². The number of pyridine rings is 1. The van der Waals surface area contributed by atoms with Crippen LogP contribution >= 0.6 is 0 Å². The minimum atomic E-state index is -0.337. The summed E-state index contributed by atoms with van der Waals surface area (Å²) in [5.41, 5.74) is 7.53. The van der Waals surface area contributed by atoms with E-state index in [2.05, 4.69) is 72.5 Å². The number of nitrogens with one attached hydrogen (secondary N) is 1. The Morgan fingerprint density at radius 2 is 1.76 bits per heavy atom. The fraction of sp³-hybridized carbons (Fsp3) is 0.471. The van der Waals surface area contributed by atoms with Gasteiger partial charge in [-0.05, 0) is 51.7 Å². The summed E-state index contributed by atoms with van der Waals surface area (Å²) in [5.74, 6) is 0.147. The molecule has 4 aromatic rings. The molecule has 2 fully saturated rings. The molecule has 0 unspecified atom stereocenters. The Morgan fingerprint density at radius 3 is 2.48 bits per heavy atom. The molecule has 12 heteroatoms. The first-order valence-electron chi connectivity index (χ1n) is 16.2. The second-order valence-electron chi connectivity index (χ2n) is 12.7.